The van der Waals surface area contributed by atoms with Crippen LogP contribution in [0.25, 0.3) is 6.08 Å². The van der Waals surface area contributed by atoms with E-state index >= 15 is 0 Å². The molecule has 0 spiro atoms. The van der Waals surface area contributed by atoms with Gasteiger partial charge in [0.25, 0.3) is 0 Å². The average Bonchev–Trinajstić information content (AvgIpc) is 2.63. The van der Waals surface area contributed by atoms with Crippen molar-refractivity contribution in [2.24, 2.45) is 0 Å². The Morgan fingerprint density at radius 2 is 1.52 bits per heavy atom. The number of nitrogens with zero attached hydrogens (tertiary/aromatic N) is 1. The third-order valence-corrected chi connectivity index (χ3v) is 5.42. The van der Waals surface area contributed by atoms with Crippen LogP contribution < -0.4 is 5.06 Å². The van der Waals surface area contributed by atoms with Crippen molar-refractivity contribution in [2.45, 2.75) is 5.78 Å². The molecule has 2 rings (SSSR count). The van der Waals surface area contributed by atoms with E-state index in [1.165, 1.54) is 14.2 Å². The van der Waals surface area contributed by atoms with Crippen LogP contribution in [0.3, 0.4) is 0 Å². The Hall–Kier alpha value is -1.91. The summed E-state index contributed by atoms with van der Waals surface area (Å²) in [5.41, 5.74) is 1.40. The predicted molar refractivity (Wildman–Crippen MR) is 91.6 cm³/mol. The van der Waals surface area contributed by atoms with Gasteiger partial charge in [-0.3, -0.25) is 9.77 Å². The zero-order chi connectivity index (χ0) is 16.7. The highest BCUT2D eigenvalue weighted by molar-refractivity contribution is 7.55. The topological polar surface area (TPSA) is 59.0 Å². The molecule has 6 heteroatoms. The van der Waals surface area contributed by atoms with E-state index in [0.717, 1.165) is 10.6 Å². The number of hydrogen-bond donors (Lipinski definition) is 1. The molecule has 23 heavy (non-hydrogen) atoms. The van der Waals surface area contributed by atoms with Gasteiger partial charge in [0.05, 0.1) is 5.69 Å². The van der Waals surface area contributed by atoms with Crippen LogP contribution in [-0.2, 0) is 13.6 Å². The molecule has 0 aliphatic carbocycles. The summed E-state index contributed by atoms with van der Waals surface area (Å²) in [6, 6.07) is 18.3. The first-order valence-corrected chi connectivity index (χ1v) is 8.69. The van der Waals surface area contributed by atoms with E-state index in [-0.39, 0.29) is 0 Å². The largest absolute Gasteiger partial charge is 0.358 e. The molecule has 0 bridgehead atoms. The normalized spacial score (nSPS) is 13.2. The summed E-state index contributed by atoms with van der Waals surface area (Å²) >= 11 is 0. The number of hydrogen-bond acceptors (Lipinski definition) is 5. The summed E-state index contributed by atoms with van der Waals surface area (Å²) in [4.78, 5) is 0. The molecular formula is C17H20NO4P. The predicted octanol–water partition coefficient (Wildman–Crippen LogP) is 4.41. The van der Waals surface area contributed by atoms with Crippen molar-refractivity contribution in [3.8, 4) is 0 Å². The molecule has 5 nitrogen and oxygen atoms in total. The van der Waals surface area contributed by atoms with E-state index in [4.69, 9.17) is 9.05 Å². The molecular weight excluding hydrogens is 313 g/mol. The summed E-state index contributed by atoms with van der Waals surface area (Å²) in [6.07, 6.45) is 3.37. The number of rotatable bonds is 7. The van der Waals surface area contributed by atoms with Crippen molar-refractivity contribution in [3.63, 3.8) is 0 Å². The van der Waals surface area contributed by atoms with Crippen LogP contribution in [0.1, 0.15) is 5.56 Å². The summed E-state index contributed by atoms with van der Waals surface area (Å²) in [7, 11) is -0.965. The number of para-hydroxylation sites is 1. The molecule has 1 atom stereocenters. The summed E-state index contributed by atoms with van der Waals surface area (Å²) in [6.45, 7) is 0. The van der Waals surface area contributed by atoms with Gasteiger partial charge >= 0.3 is 7.60 Å². The van der Waals surface area contributed by atoms with E-state index < -0.39 is 13.4 Å². The molecule has 0 radical (unpaired) electrons. The van der Waals surface area contributed by atoms with E-state index in [2.05, 4.69) is 0 Å². The van der Waals surface area contributed by atoms with E-state index in [1.54, 1.807) is 36.4 Å². The van der Waals surface area contributed by atoms with Crippen molar-refractivity contribution < 1.29 is 18.8 Å². The zero-order valence-electron chi connectivity index (χ0n) is 13.1. The number of anilines is 1. The Bertz CT molecular complexity index is 668. The van der Waals surface area contributed by atoms with Gasteiger partial charge in [-0.2, -0.15) is 0 Å². The van der Waals surface area contributed by atoms with Crippen LogP contribution >= 0.6 is 7.60 Å². The van der Waals surface area contributed by atoms with Gasteiger partial charge in [0, 0.05) is 14.2 Å². The van der Waals surface area contributed by atoms with Crippen molar-refractivity contribution in [2.75, 3.05) is 19.3 Å². The quantitative estimate of drug-likeness (QED) is 0.601. The SMILES string of the molecule is COP(=O)(OC)C(/C=C/c1ccccc1)N(O)c1ccccc1. The van der Waals surface area contributed by atoms with Crippen LogP contribution in [0.2, 0.25) is 0 Å². The molecule has 2 aromatic rings. The highest BCUT2D eigenvalue weighted by atomic mass is 31.2. The minimum absolute atomic E-state index is 0.490. The van der Waals surface area contributed by atoms with Crippen LogP contribution in [0.5, 0.6) is 0 Å². The van der Waals surface area contributed by atoms with Crippen LogP contribution in [0.15, 0.2) is 66.7 Å². The zero-order valence-corrected chi connectivity index (χ0v) is 14.0. The maximum atomic E-state index is 12.8. The third-order valence-electron chi connectivity index (χ3n) is 3.36. The lowest BCUT2D eigenvalue weighted by Gasteiger charge is -2.29. The van der Waals surface area contributed by atoms with Gasteiger partial charge in [0.1, 0.15) is 0 Å². The highest BCUT2D eigenvalue weighted by Gasteiger charge is 2.37. The maximum Gasteiger partial charge on any atom is 0.358 e. The molecule has 0 heterocycles. The third kappa shape index (κ3) is 4.30. The van der Waals surface area contributed by atoms with Crippen LogP contribution in [0, 0.1) is 0 Å². The molecule has 0 fully saturated rings. The molecule has 0 saturated heterocycles. The fourth-order valence-electron chi connectivity index (χ4n) is 2.11. The lowest BCUT2D eigenvalue weighted by molar-refractivity contribution is 0.217. The monoisotopic (exact) mass is 333 g/mol. The van der Waals surface area contributed by atoms with Gasteiger partial charge in [-0.05, 0) is 23.8 Å². The van der Waals surface area contributed by atoms with E-state index in [0.29, 0.717) is 5.69 Å². The second kappa shape index (κ2) is 8.09. The van der Waals surface area contributed by atoms with Gasteiger partial charge < -0.3 is 9.05 Å². The van der Waals surface area contributed by atoms with Crippen molar-refractivity contribution >= 4 is 19.4 Å². The first-order valence-electron chi connectivity index (χ1n) is 7.08. The van der Waals surface area contributed by atoms with Crippen molar-refractivity contribution in [1.29, 1.82) is 0 Å². The molecule has 2 aromatic carbocycles. The van der Waals surface area contributed by atoms with Gasteiger partial charge in [0.2, 0.25) is 0 Å². The number of benzene rings is 2. The molecule has 0 aromatic heterocycles. The lowest BCUT2D eigenvalue weighted by Crippen LogP contribution is -2.31. The molecule has 0 saturated carbocycles. The van der Waals surface area contributed by atoms with E-state index in [9.17, 15) is 9.77 Å². The Morgan fingerprint density at radius 3 is 2.04 bits per heavy atom. The summed E-state index contributed by atoms with van der Waals surface area (Å²) in [5.74, 6) is -0.972. The Kier molecular flexibility index (Phi) is 6.13. The first kappa shape index (κ1) is 17.4. The molecule has 122 valence electrons. The summed E-state index contributed by atoms with van der Waals surface area (Å²) in [5, 5.41) is 11.4. The van der Waals surface area contributed by atoms with Gasteiger partial charge in [0.15, 0.2) is 5.78 Å². The lowest BCUT2D eigenvalue weighted by atomic mass is 10.2. The van der Waals surface area contributed by atoms with Gasteiger partial charge in [-0.15, -0.1) is 0 Å². The molecule has 1 unspecified atom stereocenters. The minimum Gasteiger partial charge on any atom is -0.310 e. The smallest absolute Gasteiger partial charge is 0.310 e. The summed E-state index contributed by atoms with van der Waals surface area (Å²) < 4.78 is 22.9. The molecule has 0 aliphatic rings. The van der Waals surface area contributed by atoms with E-state index in [1.807, 2.05) is 36.4 Å². The standard InChI is InChI=1S/C17H20NO4P/c1-21-23(20,22-2)17(14-13-15-9-5-3-6-10-15)18(19)16-11-7-4-8-12-16/h3-14,17,19H,1-2H3/b14-13+. The molecule has 0 amide bonds. The average molecular weight is 333 g/mol. The second-order valence-electron chi connectivity index (χ2n) is 4.77. The van der Waals surface area contributed by atoms with Crippen molar-refractivity contribution in [1.82, 2.24) is 0 Å². The Labute approximate surface area is 136 Å². The Balaban J connectivity index is 2.36. The second-order valence-corrected chi connectivity index (χ2v) is 7.11. The minimum atomic E-state index is -3.56. The van der Waals surface area contributed by atoms with Crippen LogP contribution in [0.4, 0.5) is 5.69 Å². The fraction of sp³-hybridized carbons (Fsp3) is 0.176. The molecule has 1 N–H and O–H groups in total. The Morgan fingerprint density at radius 1 is 1.00 bits per heavy atom. The fourth-order valence-corrected chi connectivity index (χ4v) is 3.39. The van der Waals surface area contributed by atoms with Crippen molar-refractivity contribution in [3.05, 3.63) is 72.3 Å². The van der Waals surface area contributed by atoms with Crippen LogP contribution in [-0.4, -0.2) is 25.2 Å². The highest BCUT2D eigenvalue weighted by Crippen LogP contribution is 2.53. The maximum absolute atomic E-state index is 12.8. The van der Waals surface area contributed by atoms with Gasteiger partial charge in [-0.25, -0.2) is 5.06 Å². The number of hydroxylamine groups is 1. The van der Waals surface area contributed by atoms with Gasteiger partial charge in [-0.1, -0.05) is 54.6 Å². The molecule has 0 aliphatic heterocycles. The first-order chi connectivity index (χ1) is 11.1.